The highest BCUT2D eigenvalue weighted by Crippen LogP contribution is 2.50. The predicted octanol–water partition coefficient (Wildman–Crippen LogP) is 5.98. The summed E-state index contributed by atoms with van der Waals surface area (Å²) in [6.07, 6.45) is -0.780. The number of fused-ring (bicyclic) bond motifs is 2. The lowest BCUT2D eigenvalue weighted by Crippen LogP contribution is -2.21. The van der Waals surface area contributed by atoms with Crippen molar-refractivity contribution in [3.63, 3.8) is 0 Å². The third-order valence-electron chi connectivity index (χ3n) is 7.42. The number of hydrogen-bond donors (Lipinski definition) is 3. The Morgan fingerprint density at radius 2 is 1.47 bits per heavy atom. The fourth-order valence-electron chi connectivity index (χ4n) is 5.29. The number of carbonyl (C=O) groups excluding carboxylic acids is 1. The minimum atomic E-state index is -0.678. The van der Waals surface area contributed by atoms with Crippen LogP contribution in [0.3, 0.4) is 0 Å². The van der Waals surface area contributed by atoms with E-state index in [0.29, 0.717) is 16.9 Å². The average Bonchev–Trinajstić information content (AvgIpc) is 3.01. The molecule has 1 aromatic heterocycles. The number of ether oxygens (including phenoxy) is 4. The summed E-state index contributed by atoms with van der Waals surface area (Å²) in [6, 6.07) is 17.2. The maximum atomic E-state index is 14.2. The number of methoxy groups -OCH3 is 3. The van der Waals surface area contributed by atoms with Gasteiger partial charge in [0.05, 0.1) is 38.9 Å². The van der Waals surface area contributed by atoms with Crippen LogP contribution in [0.2, 0.25) is 0 Å². The summed E-state index contributed by atoms with van der Waals surface area (Å²) < 4.78 is 28.5. The molecule has 10 heteroatoms. The molecule has 1 aliphatic heterocycles. The zero-order chi connectivity index (χ0) is 30.4. The second-order valence-electron chi connectivity index (χ2n) is 9.88. The Morgan fingerprint density at radius 1 is 0.767 bits per heavy atom. The first kappa shape index (κ1) is 27.5. The minimum Gasteiger partial charge on any atom is -0.508 e. The maximum absolute atomic E-state index is 14.2. The first-order valence-electron chi connectivity index (χ1n) is 13.2. The fourth-order valence-corrected chi connectivity index (χ4v) is 5.29. The van der Waals surface area contributed by atoms with Crippen LogP contribution in [0.25, 0.3) is 33.4 Å². The van der Waals surface area contributed by atoms with E-state index >= 15 is 0 Å². The van der Waals surface area contributed by atoms with Crippen molar-refractivity contribution in [2.75, 3.05) is 21.3 Å². The Labute approximate surface area is 244 Å². The fraction of sp³-hybridized carbons (Fsp3) is 0.152. The first-order valence-corrected chi connectivity index (χ1v) is 13.2. The number of phenolic OH excluding ortho intramolecular Hbond substituents is 3. The van der Waals surface area contributed by atoms with Gasteiger partial charge in [0.1, 0.15) is 68.6 Å². The molecule has 10 nitrogen and oxygen atoms in total. The van der Waals surface area contributed by atoms with Crippen LogP contribution in [-0.2, 0) is 0 Å². The Hall–Kier alpha value is -5.64. The normalized spacial score (nSPS) is 14.2. The summed E-state index contributed by atoms with van der Waals surface area (Å²) in [4.78, 5) is 27.7. The molecule has 0 saturated carbocycles. The average molecular weight is 583 g/mol. The Kier molecular flexibility index (Phi) is 6.81. The SMILES string of the molecule is COc1ccc(-c2oc3cc(OC)cc(O)c3c(=O)c2-c2c(OC)cc3c(c2O)C(=O)C[C@H](c2ccc(O)cc2)O3)cc1. The second kappa shape index (κ2) is 10.6. The third kappa shape index (κ3) is 4.62. The van der Waals surface area contributed by atoms with Gasteiger partial charge in [0.25, 0.3) is 0 Å². The monoisotopic (exact) mass is 582 g/mol. The zero-order valence-electron chi connectivity index (χ0n) is 23.3. The highest BCUT2D eigenvalue weighted by molar-refractivity contribution is 6.07. The molecule has 0 fully saturated rings. The number of Topliss-reactive ketones (excluding diaryl/α,β-unsaturated/α-hetero) is 1. The molecule has 6 rings (SSSR count). The highest BCUT2D eigenvalue weighted by atomic mass is 16.5. The highest BCUT2D eigenvalue weighted by Gasteiger charge is 2.35. The van der Waals surface area contributed by atoms with Crippen molar-refractivity contribution in [2.45, 2.75) is 12.5 Å². The molecule has 218 valence electrons. The summed E-state index contributed by atoms with van der Waals surface area (Å²) in [5, 5.41) is 32.0. The van der Waals surface area contributed by atoms with Crippen LogP contribution >= 0.6 is 0 Å². The van der Waals surface area contributed by atoms with E-state index < -0.39 is 28.8 Å². The lowest BCUT2D eigenvalue weighted by molar-refractivity contribution is 0.0845. The molecule has 0 unspecified atom stereocenters. The maximum Gasteiger partial charge on any atom is 0.205 e. The van der Waals surface area contributed by atoms with E-state index in [1.807, 2.05) is 0 Å². The van der Waals surface area contributed by atoms with Gasteiger partial charge < -0.3 is 38.7 Å². The molecule has 4 aromatic carbocycles. The van der Waals surface area contributed by atoms with Crippen molar-refractivity contribution in [3.8, 4) is 62.7 Å². The molecule has 5 aromatic rings. The number of carbonyl (C=O) groups is 1. The van der Waals surface area contributed by atoms with Crippen LogP contribution in [0.4, 0.5) is 0 Å². The van der Waals surface area contributed by atoms with Crippen LogP contribution in [0.15, 0.2) is 75.9 Å². The van der Waals surface area contributed by atoms with Crippen molar-refractivity contribution < 1.29 is 43.5 Å². The van der Waals surface area contributed by atoms with Gasteiger partial charge in [0.15, 0.2) is 5.78 Å². The van der Waals surface area contributed by atoms with Gasteiger partial charge in [-0.2, -0.15) is 0 Å². The second-order valence-corrected chi connectivity index (χ2v) is 9.88. The van der Waals surface area contributed by atoms with Crippen molar-refractivity contribution >= 4 is 16.8 Å². The summed E-state index contributed by atoms with van der Waals surface area (Å²) in [5.74, 6) is -0.301. The molecule has 0 amide bonds. The predicted molar refractivity (Wildman–Crippen MR) is 157 cm³/mol. The lowest BCUT2D eigenvalue weighted by Gasteiger charge is -2.28. The smallest absolute Gasteiger partial charge is 0.205 e. The van der Waals surface area contributed by atoms with Gasteiger partial charge in [-0.05, 0) is 42.0 Å². The van der Waals surface area contributed by atoms with Gasteiger partial charge >= 0.3 is 0 Å². The largest absolute Gasteiger partial charge is 0.508 e. The van der Waals surface area contributed by atoms with Crippen molar-refractivity contribution in [1.29, 1.82) is 0 Å². The van der Waals surface area contributed by atoms with Crippen LogP contribution in [0.5, 0.6) is 40.2 Å². The van der Waals surface area contributed by atoms with Crippen molar-refractivity contribution in [2.24, 2.45) is 0 Å². The van der Waals surface area contributed by atoms with Crippen LogP contribution in [-0.4, -0.2) is 42.4 Å². The zero-order valence-corrected chi connectivity index (χ0v) is 23.3. The molecular weight excluding hydrogens is 556 g/mol. The van der Waals surface area contributed by atoms with Crippen LogP contribution in [0, 0.1) is 0 Å². The Morgan fingerprint density at radius 3 is 2.12 bits per heavy atom. The van der Waals surface area contributed by atoms with Gasteiger partial charge in [0.2, 0.25) is 5.43 Å². The van der Waals surface area contributed by atoms with E-state index in [-0.39, 0.29) is 62.8 Å². The molecule has 2 heterocycles. The Balaban J connectivity index is 1.62. The molecule has 1 aliphatic rings. The van der Waals surface area contributed by atoms with Crippen LogP contribution < -0.4 is 24.4 Å². The molecule has 1 atom stereocenters. The quantitative estimate of drug-likeness (QED) is 0.219. The summed E-state index contributed by atoms with van der Waals surface area (Å²) in [6.45, 7) is 0. The van der Waals surface area contributed by atoms with Crippen molar-refractivity contribution in [3.05, 3.63) is 88.1 Å². The number of aromatic hydroxyl groups is 3. The molecule has 0 bridgehead atoms. The molecular formula is C33H26O10. The number of benzene rings is 4. The molecule has 43 heavy (non-hydrogen) atoms. The van der Waals surface area contributed by atoms with E-state index in [1.165, 1.54) is 51.7 Å². The third-order valence-corrected chi connectivity index (χ3v) is 7.42. The summed E-state index contributed by atoms with van der Waals surface area (Å²) in [5.41, 5.74) is 0.121. The van der Waals surface area contributed by atoms with E-state index in [1.54, 1.807) is 36.4 Å². The summed E-state index contributed by atoms with van der Waals surface area (Å²) in [7, 11) is 4.29. The van der Waals surface area contributed by atoms with E-state index in [9.17, 15) is 24.9 Å². The van der Waals surface area contributed by atoms with Crippen molar-refractivity contribution in [1.82, 2.24) is 0 Å². The van der Waals surface area contributed by atoms with Gasteiger partial charge in [-0.3, -0.25) is 9.59 Å². The topological polar surface area (TPSA) is 145 Å². The molecule has 0 saturated heterocycles. The molecule has 0 spiro atoms. The number of hydrogen-bond acceptors (Lipinski definition) is 10. The lowest BCUT2D eigenvalue weighted by atomic mass is 9.90. The number of ketones is 1. The summed E-state index contributed by atoms with van der Waals surface area (Å²) >= 11 is 0. The molecule has 0 aliphatic carbocycles. The number of rotatable bonds is 6. The van der Waals surface area contributed by atoms with Gasteiger partial charge in [-0.1, -0.05) is 12.1 Å². The standard InChI is InChI=1S/C33H26O10/c1-39-19-10-6-17(7-11-19)33-30(32(38)27-21(35)12-20(40-2)13-25(27)43-33)29-24(41-3)15-26-28(31(29)37)22(36)14-23(42-26)16-4-8-18(34)9-5-16/h4-13,15,23,34-35,37H,14H2,1-3H3/t23-/m1/s1. The van der Waals surface area contributed by atoms with E-state index in [2.05, 4.69) is 0 Å². The molecule has 3 N–H and O–H groups in total. The molecule has 0 radical (unpaired) electrons. The van der Waals surface area contributed by atoms with Crippen LogP contribution in [0.1, 0.15) is 28.4 Å². The van der Waals surface area contributed by atoms with E-state index in [0.717, 1.165) is 0 Å². The number of phenols is 3. The van der Waals surface area contributed by atoms with Gasteiger partial charge in [-0.25, -0.2) is 0 Å². The Bertz CT molecular complexity index is 1940. The first-order chi connectivity index (χ1) is 20.7. The van der Waals surface area contributed by atoms with Gasteiger partial charge in [0, 0.05) is 23.8 Å². The minimum absolute atomic E-state index is 0.0322. The van der Waals surface area contributed by atoms with Gasteiger partial charge in [-0.15, -0.1) is 0 Å². The van der Waals surface area contributed by atoms with E-state index in [4.69, 9.17) is 23.4 Å².